The summed E-state index contributed by atoms with van der Waals surface area (Å²) in [5, 5.41) is 21.4. The SMILES string of the molecule is CCOC(=O)CN(Cc1ccc(OC)cc1OC)Cc1nc(-c2ccccc2OC)sc1C(=O)O.CCOC(=O)c1ncc2nc(-c3ccccc3OC)sc2c1O. The van der Waals surface area contributed by atoms with Crippen molar-refractivity contribution >= 4 is 50.8 Å². The van der Waals surface area contributed by atoms with Gasteiger partial charge in [-0.3, -0.25) is 9.69 Å². The van der Waals surface area contributed by atoms with Gasteiger partial charge in [0.05, 0.1) is 71.2 Å². The number of pyridine rings is 1. The minimum atomic E-state index is -1.09. The molecule has 0 unspecified atom stereocenters. The molecule has 0 aliphatic rings. The van der Waals surface area contributed by atoms with Crippen LogP contribution >= 0.6 is 22.7 Å². The summed E-state index contributed by atoms with van der Waals surface area (Å²) in [7, 11) is 6.26. The molecule has 304 valence electrons. The molecule has 58 heavy (non-hydrogen) atoms. The van der Waals surface area contributed by atoms with E-state index in [9.17, 15) is 24.6 Å². The van der Waals surface area contributed by atoms with Crippen LogP contribution in [0.2, 0.25) is 0 Å². The number of ether oxygens (including phenoxy) is 6. The third-order valence-corrected chi connectivity index (χ3v) is 10.6. The van der Waals surface area contributed by atoms with Gasteiger partial charge in [-0.05, 0) is 44.2 Å². The summed E-state index contributed by atoms with van der Waals surface area (Å²) in [4.78, 5) is 51.1. The molecule has 3 heterocycles. The number of methoxy groups -OCH3 is 4. The lowest BCUT2D eigenvalue weighted by molar-refractivity contribution is -0.144. The number of aromatic hydroxyl groups is 1. The zero-order valence-corrected chi connectivity index (χ0v) is 34.3. The molecule has 0 amide bonds. The minimum absolute atomic E-state index is 0.0520. The molecule has 0 bridgehead atoms. The van der Waals surface area contributed by atoms with Gasteiger partial charge in [-0.2, -0.15) is 0 Å². The Morgan fingerprint density at radius 3 is 1.95 bits per heavy atom. The average Bonchev–Trinajstić information content (AvgIpc) is 3.87. The summed E-state index contributed by atoms with van der Waals surface area (Å²) < 4.78 is 32.0. The van der Waals surface area contributed by atoms with E-state index in [2.05, 4.69) is 15.0 Å². The van der Waals surface area contributed by atoms with E-state index >= 15 is 0 Å². The first kappa shape index (κ1) is 42.8. The van der Waals surface area contributed by atoms with Gasteiger partial charge in [0.25, 0.3) is 0 Å². The maximum Gasteiger partial charge on any atom is 0.360 e. The van der Waals surface area contributed by atoms with Gasteiger partial charge < -0.3 is 38.6 Å². The number of fused-ring (bicyclic) bond motifs is 1. The molecule has 0 saturated carbocycles. The van der Waals surface area contributed by atoms with E-state index in [4.69, 9.17) is 28.4 Å². The summed E-state index contributed by atoms with van der Waals surface area (Å²) in [6.45, 7) is 4.25. The fraction of sp³-hybridized carbons (Fsp3) is 0.268. The van der Waals surface area contributed by atoms with Crippen LogP contribution in [0.15, 0.2) is 72.9 Å². The highest BCUT2D eigenvalue weighted by molar-refractivity contribution is 7.22. The van der Waals surface area contributed by atoms with Crippen LogP contribution in [0, 0.1) is 0 Å². The second kappa shape index (κ2) is 20.2. The number of carboxylic acids is 1. The highest BCUT2D eigenvalue weighted by atomic mass is 32.1. The summed E-state index contributed by atoms with van der Waals surface area (Å²) in [5.41, 5.74) is 3.07. The van der Waals surface area contributed by atoms with Gasteiger partial charge in [0, 0.05) is 24.7 Å². The maximum absolute atomic E-state index is 12.4. The lowest BCUT2D eigenvalue weighted by atomic mass is 10.1. The molecule has 0 atom stereocenters. The van der Waals surface area contributed by atoms with Crippen LogP contribution in [0.25, 0.3) is 31.4 Å². The Labute approximate surface area is 342 Å². The molecule has 15 nitrogen and oxygen atoms in total. The van der Waals surface area contributed by atoms with Crippen LogP contribution in [-0.4, -0.2) is 96.2 Å². The van der Waals surface area contributed by atoms with Crippen molar-refractivity contribution in [1.29, 1.82) is 0 Å². The van der Waals surface area contributed by atoms with Crippen molar-refractivity contribution in [3.8, 4) is 49.9 Å². The topological polar surface area (TPSA) is 189 Å². The Kier molecular flexibility index (Phi) is 14.9. The van der Waals surface area contributed by atoms with Gasteiger partial charge >= 0.3 is 17.9 Å². The smallest absolute Gasteiger partial charge is 0.360 e. The quantitative estimate of drug-likeness (QED) is 0.0921. The second-order valence-corrected chi connectivity index (χ2v) is 14.0. The fourth-order valence-electron chi connectivity index (χ4n) is 5.72. The van der Waals surface area contributed by atoms with Gasteiger partial charge in [-0.15, -0.1) is 22.7 Å². The molecule has 6 aromatic rings. The van der Waals surface area contributed by atoms with Gasteiger partial charge in [-0.1, -0.05) is 30.3 Å². The molecule has 0 saturated heterocycles. The standard InChI is InChI=1S/C25H28N2O7S.C16H14N2O4S/c1-5-34-22(28)15-27(13-16-10-11-17(31-2)12-21(16)33-4)14-19-23(25(29)30)35-24(26-19)18-8-6-7-9-20(18)32-3;1-3-22-16(20)12-13(19)14-10(8-17-12)18-15(23-14)9-6-4-5-7-11(9)21-2/h6-12H,5,13-15H2,1-4H3,(H,29,30);4-8,19H,3H2,1-2H3. The summed E-state index contributed by atoms with van der Waals surface area (Å²) in [5.74, 6) is 0.134. The lowest BCUT2D eigenvalue weighted by Crippen LogP contribution is -2.31. The van der Waals surface area contributed by atoms with Crippen molar-refractivity contribution in [2.45, 2.75) is 26.9 Å². The molecule has 3 aromatic heterocycles. The molecule has 6 rings (SSSR count). The number of benzene rings is 3. The number of carboxylic acid groups (broad SMARTS) is 1. The highest BCUT2D eigenvalue weighted by Crippen LogP contribution is 2.40. The normalized spacial score (nSPS) is 10.7. The number of para-hydroxylation sites is 2. The van der Waals surface area contributed by atoms with Crippen LogP contribution in [0.3, 0.4) is 0 Å². The number of hydrogen-bond donors (Lipinski definition) is 2. The molecule has 0 aliphatic heterocycles. The number of aromatic nitrogens is 3. The van der Waals surface area contributed by atoms with Crippen molar-refractivity contribution in [2.75, 3.05) is 48.2 Å². The van der Waals surface area contributed by atoms with E-state index in [1.807, 2.05) is 48.5 Å². The number of nitrogens with zero attached hydrogens (tertiary/aromatic N) is 4. The Balaban J connectivity index is 0.000000240. The molecule has 0 aliphatic carbocycles. The van der Waals surface area contributed by atoms with Crippen LogP contribution in [0.1, 0.15) is 45.3 Å². The van der Waals surface area contributed by atoms with Crippen LogP contribution in [0.4, 0.5) is 0 Å². The van der Waals surface area contributed by atoms with E-state index < -0.39 is 17.9 Å². The fourth-order valence-corrected chi connectivity index (χ4v) is 7.68. The Hall–Kier alpha value is -6.30. The number of rotatable bonds is 16. The van der Waals surface area contributed by atoms with Gasteiger partial charge in [0.2, 0.25) is 0 Å². The van der Waals surface area contributed by atoms with E-state index in [-0.39, 0.29) is 42.6 Å². The predicted molar refractivity (Wildman–Crippen MR) is 218 cm³/mol. The van der Waals surface area contributed by atoms with Crippen molar-refractivity contribution in [2.24, 2.45) is 0 Å². The molecule has 0 radical (unpaired) electrons. The first-order valence-electron chi connectivity index (χ1n) is 17.8. The number of thiazole rings is 2. The van der Waals surface area contributed by atoms with Crippen LogP contribution in [-0.2, 0) is 27.4 Å². The summed E-state index contributed by atoms with van der Waals surface area (Å²) >= 11 is 2.33. The largest absolute Gasteiger partial charge is 0.504 e. The van der Waals surface area contributed by atoms with Crippen molar-refractivity contribution in [3.63, 3.8) is 0 Å². The molecular formula is C41H42N4O11S2. The van der Waals surface area contributed by atoms with E-state index in [1.165, 1.54) is 17.5 Å². The maximum atomic E-state index is 12.4. The molecule has 0 spiro atoms. The zero-order valence-electron chi connectivity index (χ0n) is 32.6. The highest BCUT2D eigenvalue weighted by Gasteiger charge is 2.25. The zero-order chi connectivity index (χ0) is 41.8. The number of esters is 2. The van der Waals surface area contributed by atoms with Crippen molar-refractivity contribution in [1.82, 2.24) is 19.9 Å². The van der Waals surface area contributed by atoms with Gasteiger partial charge in [0.15, 0.2) is 11.4 Å². The minimum Gasteiger partial charge on any atom is -0.504 e. The molecule has 3 aromatic carbocycles. The molecular weight excluding hydrogens is 789 g/mol. The number of aromatic carboxylic acids is 1. The lowest BCUT2D eigenvalue weighted by Gasteiger charge is -2.22. The van der Waals surface area contributed by atoms with Crippen LogP contribution in [0.5, 0.6) is 28.7 Å². The van der Waals surface area contributed by atoms with Crippen molar-refractivity contribution in [3.05, 3.63) is 94.8 Å². The van der Waals surface area contributed by atoms with E-state index in [0.29, 0.717) is 61.0 Å². The molecule has 17 heteroatoms. The number of carbonyl (C=O) groups is 3. The third kappa shape index (κ3) is 10.2. The summed E-state index contributed by atoms with van der Waals surface area (Å²) in [6.07, 6.45) is 1.46. The Morgan fingerprint density at radius 1 is 0.741 bits per heavy atom. The van der Waals surface area contributed by atoms with Crippen LogP contribution < -0.4 is 18.9 Å². The summed E-state index contributed by atoms with van der Waals surface area (Å²) in [6, 6.07) is 20.1. The predicted octanol–water partition coefficient (Wildman–Crippen LogP) is 7.35. The first-order valence-corrected chi connectivity index (χ1v) is 19.4. The van der Waals surface area contributed by atoms with Gasteiger partial charge in [-0.25, -0.2) is 24.5 Å². The van der Waals surface area contributed by atoms with E-state index in [1.54, 1.807) is 65.4 Å². The van der Waals surface area contributed by atoms with Gasteiger partial charge in [0.1, 0.15) is 48.1 Å². The Morgan fingerprint density at radius 2 is 1.36 bits per heavy atom. The Bertz CT molecular complexity index is 2380. The molecule has 2 N–H and O–H groups in total. The average molecular weight is 831 g/mol. The van der Waals surface area contributed by atoms with E-state index in [0.717, 1.165) is 22.5 Å². The molecule has 0 fully saturated rings. The number of hydrogen-bond acceptors (Lipinski definition) is 16. The first-order chi connectivity index (χ1) is 28.0. The van der Waals surface area contributed by atoms with Crippen molar-refractivity contribution < 1.29 is 53.0 Å². The number of carbonyl (C=O) groups excluding carboxylic acids is 2. The third-order valence-electron chi connectivity index (χ3n) is 8.36. The second-order valence-electron chi connectivity index (χ2n) is 12.0. The monoisotopic (exact) mass is 830 g/mol.